The molecule has 4 nitrogen and oxygen atoms in total. The van der Waals surface area contributed by atoms with Gasteiger partial charge in [0.1, 0.15) is 10.6 Å². The van der Waals surface area contributed by atoms with Crippen LogP contribution in [0.5, 0.6) is 5.75 Å². The van der Waals surface area contributed by atoms with Crippen LogP contribution in [0.3, 0.4) is 0 Å². The van der Waals surface area contributed by atoms with Crippen molar-refractivity contribution < 1.29 is 9.53 Å². The molecule has 0 fully saturated rings. The van der Waals surface area contributed by atoms with Crippen molar-refractivity contribution in [3.63, 3.8) is 0 Å². The van der Waals surface area contributed by atoms with Crippen LogP contribution in [-0.4, -0.2) is 31.0 Å². The second-order valence-corrected chi connectivity index (χ2v) is 5.36. The van der Waals surface area contributed by atoms with Gasteiger partial charge < -0.3 is 15.4 Å². The van der Waals surface area contributed by atoms with Crippen molar-refractivity contribution in [2.24, 2.45) is 0 Å². The largest absolute Gasteiger partial charge is 0.496 e. The summed E-state index contributed by atoms with van der Waals surface area (Å²) in [5, 5.41) is 0.818. The summed E-state index contributed by atoms with van der Waals surface area (Å²) < 4.78 is 6.28. The Labute approximate surface area is 122 Å². The number of fused-ring (bicyclic) bond motifs is 1. The van der Waals surface area contributed by atoms with Crippen LogP contribution in [0.4, 0.5) is 5.69 Å². The fraction of sp³-hybridized carbons (Fsp3) is 0.267. The van der Waals surface area contributed by atoms with Gasteiger partial charge in [0, 0.05) is 17.8 Å². The minimum atomic E-state index is -0.0619. The van der Waals surface area contributed by atoms with Crippen molar-refractivity contribution in [1.29, 1.82) is 0 Å². The van der Waals surface area contributed by atoms with Gasteiger partial charge in [-0.05, 0) is 19.1 Å². The third-order valence-corrected chi connectivity index (χ3v) is 4.31. The molecule has 0 aliphatic heterocycles. The lowest BCUT2D eigenvalue weighted by Crippen LogP contribution is -2.30. The summed E-state index contributed by atoms with van der Waals surface area (Å²) in [5.74, 6) is 0.634. The molecule has 106 valence electrons. The highest BCUT2D eigenvalue weighted by atomic mass is 32.1. The molecule has 2 aromatic rings. The smallest absolute Gasteiger partial charge is 0.266 e. The third kappa shape index (κ3) is 2.36. The van der Waals surface area contributed by atoms with Gasteiger partial charge in [0.2, 0.25) is 0 Å². The van der Waals surface area contributed by atoms with E-state index in [2.05, 4.69) is 6.58 Å². The normalized spacial score (nSPS) is 10.5. The summed E-state index contributed by atoms with van der Waals surface area (Å²) in [6, 6.07) is 5.69. The highest BCUT2D eigenvalue weighted by Gasteiger charge is 2.22. The summed E-state index contributed by atoms with van der Waals surface area (Å²) >= 11 is 1.40. The Kier molecular flexibility index (Phi) is 4.29. The number of carbonyl (C=O) groups excluding carboxylic acids is 1. The second-order valence-electron chi connectivity index (χ2n) is 4.31. The average Bonchev–Trinajstić information content (AvgIpc) is 2.81. The Balaban J connectivity index is 2.53. The van der Waals surface area contributed by atoms with Crippen LogP contribution in [0, 0.1) is 0 Å². The molecule has 1 heterocycles. The number of hydrogen-bond donors (Lipinski definition) is 1. The summed E-state index contributed by atoms with van der Waals surface area (Å²) in [6.07, 6.45) is 1.71. The van der Waals surface area contributed by atoms with E-state index in [4.69, 9.17) is 10.5 Å². The van der Waals surface area contributed by atoms with E-state index in [9.17, 15) is 4.79 Å². The van der Waals surface area contributed by atoms with Gasteiger partial charge in [0.15, 0.2) is 0 Å². The molecule has 2 N–H and O–H groups in total. The first-order chi connectivity index (χ1) is 9.63. The summed E-state index contributed by atoms with van der Waals surface area (Å²) in [5.41, 5.74) is 6.66. The number of ether oxygens (including phenoxy) is 1. The van der Waals surface area contributed by atoms with Crippen molar-refractivity contribution in [3.05, 3.63) is 35.7 Å². The monoisotopic (exact) mass is 290 g/mol. The minimum Gasteiger partial charge on any atom is -0.496 e. The van der Waals surface area contributed by atoms with Crippen LogP contribution in [-0.2, 0) is 0 Å². The predicted molar refractivity (Wildman–Crippen MR) is 84.6 cm³/mol. The van der Waals surface area contributed by atoms with Crippen molar-refractivity contribution in [2.45, 2.75) is 6.92 Å². The van der Waals surface area contributed by atoms with E-state index < -0.39 is 0 Å². The number of benzene rings is 1. The topological polar surface area (TPSA) is 55.6 Å². The van der Waals surface area contributed by atoms with Crippen LogP contribution in [0.2, 0.25) is 0 Å². The Morgan fingerprint density at radius 1 is 1.55 bits per heavy atom. The third-order valence-electron chi connectivity index (χ3n) is 3.15. The maximum atomic E-state index is 12.5. The highest BCUT2D eigenvalue weighted by molar-refractivity contribution is 7.21. The number of carbonyl (C=O) groups is 1. The molecular weight excluding hydrogens is 272 g/mol. The van der Waals surface area contributed by atoms with Crippen LogP contribution in [0.25, 0.3) is 10.1 Å². The summed E-state index contributed by atoms with van der Waals surface area (Å²) in [7, 11) is 1.60. The van der Waals surface area contributed by atoms with E-state index in [0.29, 0.717) is 29.4 Å². The molecule has 0 spiro atoms. The number of methoxy groups -OCH3 is 1. The standard InChI is InChI=1S/C15H18N2O2S/c1-4-9-17(5-2)15(18)14-13(16)12-10(19-3)7-6-8-11(12)20-14/h4,6-8H,1,5,9,16H2,2-3H3. The van der Waals surface area contributed by atoms with Crippen LogP contribution >= 0.6 is 11.3 Å². The molecule has 0 aliphatic carbocycles. The van der Waals surface area contributed by atoms with E-state index >= 15 is 0 Å². The van der Waals surface area contributed by atoms with E-state index in [0.717, 1.165) is 10.1 Å². The molecule has 0 unspecified atom stereocenters. The maximum absolute atomic E-state index is 12.5. The lowest BCUT2D eigenvalue weighted by atomic mass is 10.2. The van der Waals surface area contributed by atoms with Gasteiger partial charge in [-0.1, -0.05) is 12.1 Å². The molecule has 1 aromatic carbocycles. The van der Waals surface area contributed by atoms with E-state index in [1.807, 2.05) is 25.1 Å². The van der Waals surface area contributed by atoms with Gasteiger partial charge in [-0.3, -0.25) is 4.79 Å². The van der Waals surface area contributed by atoms with Crippen molar-refractivity contribution in [3.8, 4) is 5.75 Å². The summed E-state index contributed by atoms with van der Waals surface area (Å²) in [6.45, 7) is 6.75. The Morgan fingerprint density at radius 2 is 2.30 bits per heavy atom. The first-order valence-corrected chi connectivity index (χ1v) is 7.20. The molecule has 5 heteroatoms. The SMILES string of the molecule is C=CCN(CC)C(=O)c1sc2cccc(OC)c2c1N. The molecule has 0 atom stereocenters. The predicted octanol–water partition coefficient (Wildman–Crippen LogP) is 3.14. The van der Waals surface area contributed by atoms with Crippen LogP contribution in [0.15, 0.2) is 30.9 Å². The second kappa shape index (κ2) is 5.96. The number of nitrogens with two attached hydrogens (primary N) is 1. The fourth-order valence-electron chi connectivity index (χ4n) is 2.12. The zero-order valence-electron chi connectivity index (χ0n) is 11.7. The van der Waals surface area contributed by atoms with Gasteiger partial charge in [0.25, 0.3) is 5.91 Å². The zero-order chi connectivity index (χ0) is 14.7. The molecular formula is C15H18N2O2S. The quantitative estimate of drug-likeness (QED) is 0.861. The number of nitrogen functional groups attached to an aromatic ring is 1. The molecule has 0 aliphatic rings. The van der Waals surface area contributed by atoms with Gasteiger partial charge in [-0.2, -0.15) is 0 Å². The minimum absolute atomic E-state index is 0.0619. The first kappa shape index (κ1) is 14.4. The van der Waals surface area contributed by atoms with Gasteiger partial charge in [0.05, 0.1) is 18.2 Å². The van der Waals surface area contributed by atoms with Gasteiger partial charge >= 0.3 is 0 Å². The molecule has 0 radical (unpaired) electrons. The number of nitrogens with zero attached hydrogens (tertiary/aromatic N) is 1. The Hall–Kier alpha value is -2.01. The van der Waals surface area contributed by atoms with Crippen molar-refractivity contribution in [2.75, 3.05) is 25.9 Å². The molecule has 1 aromatic heterocycles. The van der Waals surface area contributed by atoms with E-state index in [1.54, 1.807) is 18.1 Å². The zero-order valence-corrected chi connectivity index (χ0v) is 12.5. The number of rotatable bonds is 5. The number of anilines is 1. The maximum Gasteiger partial charge on any atom is 0.266 e. The molecule has 1 amide bonds. The van der Waals surface area contributed by atoms with Crippen LogP contribution < -0.4 is 10.5 Å². The van der Waals surface area contributed by atoms with Gasteiger partial charge in [-0.15, -0.1) is 17.9 Å². The number of likely N-dealkylation sites (N-methyl/N-ethyl adjacent to an activating group) is 1. The van der Waals surface area contributed by atoms with Crippen LogP contribution in [0.1, 0.15) is 16.6 Å². The fourth-order valence-corrected chi connectivity index (χ4v) is 3.23. The summed E-state index contributed by atoms with van der Waals surface area (Å²) in [4.78, 5) is 14.8. The Bertz CT molecular complexity index is 649. The van der Waals surface area contributed by atoms with Gasteiger partial charge in [-0.25, -0.2) is 0 Å². The lowest BCUT2D eigenvalue weighted by Gasteiger charge is -2.18. The molecule has 0 bridgehead atoms. The van der Waals surface area contributed by atoms with E-state index in [-0.39, 0.29) is 5.91 Å². The van der Waals surface area contributed by atoms with Crippen molar-refractivity contribution >= 4 is 33.0 Å². The molecule has 2 rings (SSSR count). The molecule has 0 saturated carbocycles. The first-order valence-electron chi connectivity index (χ1n) is 6.39. The Morgan fingerprint density at radius 3 is 2.90 bits per heavy atom. The van der Waals surface area contributed by atoms with E-state index in [1.165, 1.54) is 11.3 Å². The number of amides is 1. The lowest BCUT2D eigenvalue weighted by molar-refractivity contribution is 0.0788. The average molecular weight is 290 g/mol. The number of thiophene rings is 1. The van der Waals surface area contributed by atoms with Crippen molar-refractivity contribution in [1.82, 2.24) is 4.90 Å². The number of hydrogen-bond acceptors (Lipinski definition) is 4. The highest BCUT2D eigenvalue weighted by Crippen LogP contribution is 2.39. The molecule has 0 saturated heterocycles. The molecule has 20 heavy (non-hydrogen) atoms.